The lowest BCUT2D eigenvalue weighted by atomic mass is 10.0. The number of carbonyl (C=O) groups excluding carboxylic acids is 1. The molecule has 7 heteroatoms. The Balaban J connectivity index is 1.59. The van der Waals surface area contributed by atoms with Crippen LogP contribution in [-0.4, -0.2) is 43.5 Å². The lowest BCUT2D eigenvalue weighted by Crippen LogP contribution is -2.34. The van der Waals surface area contributed by atoms with E-state index >= 15 is 0 Å². The predicted molar refractivity (Wildman–Crippen MR) is 119 cm³/mol. The Bertz CT molecular complexity index is 970. The summed E-state index contributed by atoms with van der Waals surface area (Å²) in [5.74, 6) is 1.39. The number of ether oxygens (including phenoxy) is 2. The fourth-order valence-electron chi connectivity index (χ4n) is 3.14. The molecule has 158 valence electrons. The molecule has 0 saturated heterocycles. The molecule has 1 aromatic heterocycles. The van der Waals surface area contributed by atoms with Crippen molar-refractivity contribution in [2.24, 2.45) is 0 Å². The number of amides is 1. The van der Waals surface area contributed by atoms with Crippen LogP contribution in [0.1, 0.15) is 32.7 Å². The zero-order chi connectivity index (χ0) is 21.5. The summed E-state index contributed by atoms with van der Waals surface area (Å²) in [4.78, 5) is 19.1. The SMILES string of the molecule is COc1ccccc1[C@H](CNC(=O)c1ccc(OCc2csc(C)n2)cc1)N(C)C. The standard InChI is InChI=1S/C23H27N3O3S/c1-16-25-18(15-30-16)14-29-19-11-9-17(10-12-19)23(27)24-13-21(26(2)3)20-7-5-6-8-22(20)28-4/h5-12,15,21H,13-14H2,1-4H3,(H,24,27)/t21-/m0/s1. The number of methoxy groups -OCH3 is 1. The fraction of sp³-hybridized carbons (Fsp3) is 0.304. The first-order valence-electron chi connectivity index (χ1n) is 9.69. The molecule has 0 aliphatic rings. The molecule has 2 aromatic carbocycles. The number of thiazole rings is 1. The van der Waals surface area contributed by atoms with Gasteiger partial charge in [-0.2, -0.15) is 0 Å². The highest BCUT2D eigenvalue weighted by Crippen LogP contribution is 2.27. The summed E-state index contributed by atoms with van der Waals surface area (Å²) in [6.45, 7) is 2.85. The monoisotopic (exact) mass is 425 g/mol. The van der Waals surface area contributed by atoms with E-state index in [1.807, 2.05) is 50.7 Å². The van der Waals surface area contributed by atoms with Crippen molar-refractivity contribution in [3.63, 3.8) is 0 Å². The van der Waals surface area contributed by atoms with Crippen molar-refractivity contribution in [3.8, 4) is 11.5 Å². The molecule has 3 aromatic rings. The molecular formula is C23H27N3O3S. The zero-order valence-corrected chi connectivity index (χ0v) is 18.5. The molecule has 1 N–H and O–H groups in total. The summed E-state index contributed by atoms with van der Waals surface area (Å²) < 4.78 is 11.2. The van der Waals surface area contributed by atoms with Crippen molar-refractivity contribution >= 4 is 17.2 Å². The maximum atomic E-state index is 12.6. The van der Waals surface area contributed by atoms with Crippen LogP contribution in [0.3, 0.4) is 0 Å². The molecule has 3 rings (SSSR count). The van der Waals surface area contributed by atoms with Crippen LogP contribution < -0.4 is 14.8 Å². The molecule has 30 heavy (non-hydrogen) atoms. The lowest BCUT2D eigenvalue weighted by Gasteiger charge is -2.26. The van der Waals surface area contributed by atoms with E-state index in [2.05, 4.69) is 15.2 Å². The minimum absolute atomic E-state index is 0.00530. The number of hydrogen-bond acceptors (Lipinski definition) is 6. The minimum Gasteiger partial charge on any atom is -0.496 e. The van der Waals surface area contributed by atoms with Gasteiger partial charge in [-0.15, -0.1) is 11.3 Å². The minimum atomic E-state index is -0.126. The van der Waals surface area contributed by atoms with E-state index in [0.29, 0.717) is 24.5 Å². The molecule has 0 unspecified atom stereocenters. The number of benzene rings is 2. The molecular weight excluding hydrogens is 398 g/mol. The van der Waals surface area contributed by atoms with Gasteiger partial charge in [0.2, 0.25) is 0 Å². The third kappa shape index (κ3) is 5.58. The molecule has 1 amide bonds. The molecule has 0 bridgehead atoms. The highest BCUT2D eigenvalue weighted by atomic mass is 32.1. The highest BCUT2D eigenvalue weighted by molar-refractivity contribution is 7.09. The maximum Gasteiger partial charge on any atom is 0.251 e. The lowest BCUT2D eigenvalue weighted by molar-refractivity contribution is 0.0941. The Labute approximate surface area is 181 Å². The van der Waals surface area contributed by atoms with E-state index in [9.17, 15) is 4.79 Å². The molecule has 1 heterocycles. The van der Waals surface area contributed by atoms with E-state index < -0.39 is 0 Å². The van der Waals surface area contributed by atoms with Crippen LogP contribution in [0.15, 0.2) is 53.9 Å². The molecule has 0 spiro atoms. The van der Waals surface area contributed by atoms with Crippen LogP contribution in [0.25, 0.3) is 0 Å². The van der Waals surface area contributed by atoms with Crippen LogP contribution >= 0.6 is 11.3 Å². The second-order valence-electron chi connectivity index (χ2n) is 7.10. The van der Waals surface area contributed by atoms with Crippen LogP contribution in [0.5, 0.6) is 11.5 Å². The number of aromatic nitrogens is 1. The molecule has 1 atom stereocenters. The summed E-state index contributed by atoms with van der Waals surface area (Å²) >= 11 is 1.60. The molecule has 6 nitrogen and oxygen atoms in total. The van der Waals surface area contributed by atoms with Crippen molar-refractivity contribution in [2.45, 2.75) is 19.6 Å². The van der Waals surface area contributed by atoms with Crippen LogP contribution in [0, 0.1) is 6.92 Å². The summed E-state index contributed by atoms with van der Waals surface area (Å²) in [6.07, 6.45) is 0. The predicted octanol–water partition coefficient (Wildman–Crippen LogP) is 4.07. The number of para-hydroxylation sites is 1. The normalized spacial score (nSPS) is 11.9. The Morgan fingerprint density at radius 1 is 1.17 bits per heavy atom. The van der Waals surface area contributed by atoms with Crippen LogP contribution in [0.4, 0.5) is 0 Å². The van der Waals surface area contributed by atoms with Gasteiger partial charge in [0, 0.05) is 23.1 Å². The van der Waals surface area contributed by atoms with Crippen molar-refractivity contribution in [1.82, 2.24) is 15.2 Å². The van der Waals surface area contributed by atoms with Crippen LogP contribution in [-0.2, 0) is 6.61 Å². The van der Waals surface area contributed by atoms with E-state index in [4.69, 9.17) is 9.47 Å². The molecule has 0 fully saturated rings. The Morgan fingerprint density at radius 2 is 1.90 bits per heavy atom. The number of likely N-dealkylation sites (N-methyl/N-ethyl adjacent to an activating group) is 1. The zero-order valence-electron chi connectivity index (χ0n) is 17.7. The van der Waals surface area contributed by atoms with Gasteiger partial charge in [0.15, 0.2) is 0 Å². The fourth-order valence-corrected chi connectivity index (χ4v) is 3.74. The number of nitrogens with zero attached hydrogens (tertiary/aromatic N) is 2. The van der Waals surface area contributed by atoms with E-state index in [1.54, 1.807) is 42.7 Å². The quantitative estimate of drug-likeness (QED) is 0.560. The summed E-state index contributed by atoms with van der Waals surface area (Å²) in [5, 5.41) is 6.03. The maximum absolute atomic E-state index is 12.6. The number of hydrogen-bond donors (Lipinski definition) is 1. The van der Waals surface area contributed by atoms with Crippen molar-refractivity contribution in [3.05, 3.63) is 75.7 Å². The Hall–Kier alpha value is -2.90. The van der Waals surface area contributed by atoms with Crippen molar-refractivity contribution in [2.75, 3.05) is 27.7 Å². The summed E-state index contributed by atoms with van der Waals surface area (Å²) in [5.41, 5.74) is 2.53. The van der Waals surface area contributed by atoms with Gasteiger partial charge in [0.05, 0.1) is 23.9 Å². The number of nitrogens with one attached hydrogen (secondary N) is 1. The molecule has 0 saturated carbocycles. The van der Waals surface area contributed by atoms with Gasteiger partial charge >= 0.3 is 0 Å². The molecule has 0 radical (unpaired) electrons. The van der Waals surface area contributed by atoms with Gasteiger partial charge < -0.3 is 19.7 Å². The third-order valence-electron chi connectivity index (χ3n) is 4.75. The van der Waals surface area contributed by atoms with Gasteiger partial charge in [0.25, 0.3) is 5.91 Å². The van der Waals surface area contributed by atoms with Gasteiger partial charge in [-0.1, -0.05) is 18.2 Å². The van der Waals surface area contributed by atoms with Crippen molar-refractivity contribution < 1.29 is 14.3 Å². The first kappa shape index (κ1) is 21.8. The average Bonchev–Trinajstić information content (AvgIpc) is 3.18. The summed E-state index contributed by atoms with van der Waals surface area (Å²) in [7, 11) is 5.63. The van der Waals surface area contributed by atoms with E-state index in [1.165, 1.54) is 0 Å². The first-order chi connectivity index (χ1) is 14.5. The summed E-state index contributed by atoms with van der Waals surface area (Å²) in [6, 6.07) is 15.0. The third-order valence-corrected chi connectivity index (χ3v) is 5.57. The molecule has 0 aliphatic carbocycles. The average molecular weight is 426 g/mol. The molecule has 0 aliphatic heterocycles. The van der Waals surface area contributed by atoms with E-state index in [0.717, 1.165) is 22.0 Å². The number of rotatable bonds is 9. The van der Waals surface area contributed by atoms with Crippen molar-refractivity contribution in [1.29, 1.82) is 0 Å². The largest absolute Gasteiger partial charge is 0.496 e. The smallest absolute Gasteiger partial charge is 0.251 e. The van der Waals surface area contributed by atoms with Gasteiger partial charge in [-0.3, -0.25) is 4.79 Å². The number of carbonyl (C=O) groups is 1. The number of aryl methyl sites for hydroxylation is 1. The van der Waals surface area contributed by atoms with Gasteiger partial charge in [-0.05, 0) is 51.4 Å². The highest BCUT2D eigenvalue weighted by Gasteiger charge is 2.19. The van der Waals surface area contributed by atoms with Crippen LogP contribution in [0.2, 0.25) is 0 Å². The van der Waals surface area contributed by atoms with E-state index in [-0.39, 0.29) is 11.9 Å². The van der Waals surface area contributed by atoms with Gasteiger partial charge in [0.1, 0.15) is 18.1 Å². The topological polar surface area (TPSA) is 63.7 Å². The Morgan fingerprint density at radius 3 is 2.53 bits per heavy atom. The first-order valence-corrected chi connectivity index (χ1v) is 10.6. The second kappa shape index (κ2) is 10.2. The van der Waals surface area contributed by atoms with Gasteiger partial charge in [-0.25, -0.2) is 4.98 Å². The second-order valence-corrected chi connectivity index (χ2v) is 8.16. The Kier molecular flexibility index (Phi) is 7.43.